The molecule has 138 valence electrons. The number of imide groups is 1. The minimum absolute atomic E-state index is 0.194. The molecule has 0 bridgehead atoms. The predicted molar refractivity (Wildman–Crippen MR) is 102 cm³/mol. The van der Waals surface area contributed by atoms with Gasteiger partial charge in [-0.05, 0) is 54.6 Å². The van der Waals surface area contributed by atoms with E-state index in [1.807, 2.05) is 30.3 Å². The Morgan fingerprint density at radius 2 is 1.81 bits per heavy atom. The summed E-state index contributed by atoms with van der Waals surface area (Å²) < 4.78 is 10.6. The van der Waals surface area contributed by atoms with Crippen LogP contribution in [0.25, 0.3) is 6.08 Å². The predicted octanol–water partition coefficient (Wildman–Crippen LogP) is 4.08. The van der Waals surface area contributed by atoms with Crippen LogP contribution in [-0.4, -0.2) is 35.2 Å². The maximum Gasteiger partial charge on any atom is 0.326 e. The van der Waals surface area contributed by atoms with Crippen molar-refractivity contribution in [3.05, 3.63) is 65.1 Å². The van der Waals surface area contributed by atoms with Crippen LogP contribution in [0.4, 0.5) is 4.79 Å². The molecule has 3 rings (SSSR count). The Bertz CT molecular complexity index is 894. The normalized spacial score (nSPS) is 15.3. The van der Waals surface area contributed by atoms with Crippen LogP contribution >= 0.6 is 11.8 Å². The van der Waals surface area contributed by atoms with Gasteiger partial charge in [-0.3, -0.25) is 19.3 Å². The van der Waals surface area contributed by atoms with E-state index in [0.29, 0.717) is 17.1 Å². The maximum absolute atomic E-state index is 12.4. The summed E-state index contributed by atoms with van der Waals surface area (Å²) >= 11 is 0.796. The minimum atomic E-state index is -0.612. The molecule has 27 heavy (non-hydrogen) atoms. The second-order valence-electron chi connectivity index (χ2n) is 5.56. The van der Waals surface area contributed by atoms with E-state index in [2.05, 4.69) is 0 Å². The number of para-hydroxylation sites is 1. The van der Waals surface area contributed by atoms with E-state index >= 15 is 0 Å². The van der Waals surface area contributed by atoms with E-state index in [9.17, 15) is 14.4 Å². The SMILES string of the molecule is CCOC(=O)CN1C(=O)S/C(=C\c2cccc(Oc3ccccc3)c2)C1=O. The number of thioether (sulfide) groups is 1. The Morgan fingerprint density at radius 1 is 1.07 bits per heavy atom. The molecule has 1 aliphatic heterocycles. The van der Waals surface area contributed by atoms with Gasteiger partial charge in [0, 0.05) is 0 Å². The monoisotopic (exact) mass is 383 g/mol. The molecule has 7 heteroatoms. The highest BCUT2D eigenvalue weighted by Crippen LogP contribution is 2.33. The number of benzene rings is 2. The molecule has 0 N–H and O–H groups in total. The van der Waals surface area contributed by atoms with Crippen molar-refractivity contribution in [2.75, 3.05) is 13.2 Å². The fourth-order valence-electron chi connectivity index (χ4n) is 2.42. The lowest BCUT2D eigenvalue weighted by Crippen LogP contribution is -2.34. The van der Waals surface area contributed by atoms with Gasteiger partial charge in [0.05, 0.1) is 11.5 Å². The van der Waals surface area contributed by atoms with Gasteiger partial charge in [-0.25, -0.2) is 0 Å². The van der Waals surface area contributed by atoms with E-state index in [1.165, 1.54) is 0 Å². The number of rotatable bonds is 6. The molecule has 1 heterocycles. The van der Waals surface area contributed by atoms with Crippen molar-refractivity contribution in [2.24, 2.45) is 0 Å². The quantitative estimate of drug-likeness (QED) is 0.553. The van der Waals surface area contributed by atoms with Crippen LogP contribution in [0, 0.1) is 0 Å². The van der Waals surface area contributed by atoms with Gasteiger partial charge in [-0.2, -0.15) is 0 Å². The summed E-state index contributed by atoms with van der Waals surface area (Å²) in [5.74, 6) is 0.192. The van der Waals surface area contributed by atoms with Gasteiger partial charge >= 0.3 is 5.97 Å². The van der Waals surface area contributed by atoms with Gasteiger partial charge in [0.15, 0.2) is 0 Å². The van der Waals surface area contributed by atoms with E-state index < -0.39 is 17.1 Å². The van der Waals surface area contributed by atoms with Crippen LogP contribution in [-0.2, 0) is 14.3 Å². The van der Waals surface area contributed by atoms with Gasteiger partial charge in [0.1, 0.15) is 18.0 Å². The zero-order valence-electron chi connectivity index (χ0n) is 14.6. The molecule has 2 aromatic carbocycles. The number of ether oxygens (including phenoxy) is 2. The first-order chi connectivity index (χ1) is 13.1. The zero-order valence-corrected chi connectivity index (χ0v) is 15.4. The first-order valence-corrected chi connectivity index (χ1v) is 9.12. The summed E-state index contributed by atoms with van der Waals surface area (Å²) in [4.78, 5) is 37.1. The zero-order chi connectivity index (χ0) is 19.2. The molecule has 1 aliphatic rings. The molecular weight excluding hydrogens is 366 g/mol. The van der Waals surface area contributed by atoms with Crippen molar-refractivity contribution in [2.45, 2.75) is 6.92 Å². The van der Waals surface area contributed by atoms with Crippen molar-refractivity contribution < 1.29 is 23.9 Å². The van der Waals surface area contributed by atoms with Crippen LogP contribution in [0.5, 0.6) is 11.5 Å². The lowest BCUT2D eigenvalue weighted by molar-refractivity contribution is -0.145. The average molecular weight is 383 g/mol. The van der Waals surface area contributed by atoms with Crippen LogP contribution in [0.3, 0.4) is 0 Å². The molecular formula is C20H17NO5S. The molecule has 0 radical (unpaired) electrons. The Kier molecular flexibility index (Phi) is 5.93. The van der Waals surface area contributed by atoms with Crippen molar-refractivity contribution in [3.8, 4) is 11.5 Å². The van der Waals surface area contributed by atoms with Gasteiger partial charge in [-0.15, -0.1) is 0 Å². The van der Waals surface area contributed by atoms with Crippen LogP contribution in [0.15, 0.2) is 59.5 Å². The second-order valence-corrected chi connectivity index (χ2v) is 6.55. The molecule has 2 amide bonds. The number of carbonyl (C=O) groups is 3. The van der Waals surface area contributed by atoms with Gasteiger partial charge in [0.2, 0.25) is 0 Å². The van der Waals surface area contributed by atoms with Crippen LogP contribution in [0.1, 0.15) is 12.5 Å². The number of esters is 1. The first-order valence-electron chi connectivity index (χ1n) is 8.31. The van der Waals surface area contributed by atoms with Crippen molar-refractivity contribution in [3.63, 3.8) is 0 Å². The van der Waals surface area contributed by atoms with Crippen LogP contribution in [0.2, 0.25) is 0 Å². The minimum Gasteiger partial charge on any atom is -0.465 e. The largest absolute Gasteiger partial charge is 0.465 e. The van der Waals surface area contributed by atoms with E-state index in [0.717, 1.165) is 16.7 Å². The summed E-state index contributed by atoms with van der Waals surface area (Å²) in [6, 6.07) is 16.5. The number of hydrogen-bond donors (Lipinski definition) is 0. The highest BCUT2D eigenvalue weighted by atomic mass is 32.2. The second kappa shape index (κ2) is 8.55. The molecule has 1 fully saturated rings. The summed E-state index contributed by atoms with van der Waals surface area (Å²) in [5.41, 5.74) is 0.713. The first kappa shape index (κ1) is 18.7. The number of hydrogen-bond acceptors (Lipinski definition) is 6. The standard InChI is InChI=1S/C20H17NO5S/c1-2-25-18(22)13-21-19(23)17(27-20(21)24)12-14-7-6-10-16(11-14)26-15-8-4-3-5-9-15/h3-12H,2,13H2,1H3/b17-12-. The smallest absolute Gasteiger partial charge is 0.326 e. The Morgan fingerprint density at radius 3 is 2.56 bits per heavy atom. The fraction of sp³-hybridized carbons (Fsp3) is 0.150. The molecule has 0 spiro atoms. The van der Waals surface area contributed by atoms with Gasteiger partial charge in [0.25, 0.3) is 11.1 Å². The van der Waals surface area contributed by atoms with Crippen molar-refractivity contribution >= 4 is 35.0 Å². The third-order valence-corrected chi connectivity index (χ3v) is 4.51. The van der Waals surface area contributed by atoms with Crippen LogP contribution < -0.4 is 4.74 Å². The van der Waals surface area contributed by atoms with E-state index in [-0.39, 0.29) is 18.1 Å². The molecule has 0 aliphatic carbocycles. The van der Waals surface area contributed by atoms with E-state index in [1.54, 1.807) is 37.3 Å². The molecule has 1 saturated heterocycles. The number of amides is 2. The third kappa shape index (κ3) is 4.77. The highest BCUT2D eigenvalue weighted by molar-refractivity contribution is 8.18. The highest BCUT2D eigenvalue weighted by Gasteiger charge is 2.36. The van der Waals surface area contributed by atoms with Crippen molar-refractivity contribution in [1.29, 1.82) is 0 Å². The Hall–Kier alpha value is -3.06. The van der Waals surface area contributed by atoms with E-state index in [4.69, 9.17) is 9.47 Å². The lowest BCUT2D eigenvalue weighted by Gasteiger charge is -2.10. The molecule has 6 nitrogen and oxygen atoms in total. The fourth-order valence-corrected chi connectivity index (χ4v) is 3.25. The maximum atomic E-state index is 12.4. The van der Waals surface area contributed by atoms with Gasteiger partial charge < -0.3 is 9.47 Å². The molecule has 2 aromatic rings. The summed E-state index contributed by atoms with van der Waals surface area (Å²) in [6.45, 7) is 1.47. The number of nitrogens with zero attached hydrogens (tertiary/aromatic N) is 1. The Balaban J connectivity index is 1.75. The molecule has 0 atom stereocenters. The average Bonchev–Trinajstić information content (AvgIpc) is 2.90. The van der Waals surface area contributed by atoms with Crippen molar-refractivity contribution in [1.82, 2.24) is 4.90 Å². The third-order valence-electron chi connectivity index (χ3n) is 3.60. The summed E-state index contributed by atoms with van der Waals surface area (Å²) in [7, 11) is 0. The summed E-state index contributed by atoms with van der Waals surface area (Å²) in [6.07, 6.45) is 1.61. The summed E-state index contributed by atoms with van der Waals surface area (Å²) in [5, 5.41) is -0.490. The number of carbonyl (C=O) groups excluding carboxylic acids is 3. The molecule has 0 saturated carbocycles. The lowest BCUT2D eigenvalue weighted by atomic mass is 10.2. The molecule has 0 unspecified atom stereocenters. The topological polar surface area (TPSA) is 72.9 Å². The Labute approximate surface area is 160 Å². The van der Waals surface area contributed by atoms with Gasteiger partial charge in [-0.1, -0.05) is 30.3 Å². The molecule has 0 aromatic heterocycles.